The maximum atomic E-state index is 12.9. The van der Waals surface area contributed by atoms with Crippen molar-refractivity contribution >= 4 is 20.2 Å². The van der Waals surface area contributed by atoms with Crippen LogP contribution in [0.4, 0.5) is 0 Å². The minimum atomic E-state index is -4.07. The molecule has 0 aliphatic heterocycles. The molecule has 0 amide bonds. The number of hydrogen-bond acceptors (Lipinski definition) is 7. The van der Waals surface area contributed by atoms with Crippen LogP contribution in [-0.2, 0) is 34.2 Å². The molecular formula is C28H32O7S2. The molecule has 0 saturated heterocycles. The fourth-order valence-electron chi connectivity index (χ4n) is 4.51. The average Bonchev–Trinajstić information content (AvgIpc) is 2.89. The van der Waals surface area contributed by atoms with Gasteiger partial charge in [-0.2, -0.15) is 16.8 Å². The lowest BCUT2D eigenvalue weighted by molar-refractivity contribution is -0.0622. The summed E-state index contributed by atoms with van der Waals surface area (Å²) in [5.74, 6) is 0. The van der Waals surface area contributed by atoms with Gasteiger partial charge in [0.2, 0.25) is 0 Å². The fraction of sp³-hybridized carbons (Fsp3) is 0.357. The van der Waals surface area contributed by atoms with Gasteiger partial charge in [0, 0.05) is 5.41 Å². The van der Waals surface area contributed by atoms with Crippen molar-refractivity contribution in [2.45, 2.75) is 54.9 Å². The molecule has 198 valence electrons. The quantitative estimate of drug-likeness (QED) is 0.383. The van der Waals surface area contributed by atoms with Crippen LogP contribution in [0.3, 0.4) is 0 Å². The van der Waals surface area contributed by atoms with Crippen LogP contribution in [-0.4, -0.2) is 35.2 Å². The Balaban J connectivity index is 1.55. The molecule has 0 radical (unpaired) electrons. The van der Waals surface area contributed by atoms with Crippen molar-refractivity contribution in [3.8, 4) is 0 Å². The predicted molar refractivity (Wildman–Crippen MR) is 140 cm³/mol. The summed E-state index contributed by atoms with van der Waals surface area (Å²) in [6, 6.07) is 21.9. The first-order valence-electron chi connectivity index (χ1n) is 12.1. The Morgan fingerprint density at radius 3 is 1.46 bits per heavy atom. The third-order valence-electron chi connectivity index (χ3n) is 7.11. The molecule has 1 N–H and O–H groups in total. The van der Waals surface area contributed by atoms with E-state index in [0.29, 0.717) is 25.7 Å². The Morgan fingerprint density at radius 1 is 0.649 bits per heavy atom. The standard InChI is InChI=1S/C28H32O7S2/c1-22-8-12-25(13-9-22)36(30,31)34-20-27(21-35-37(32,33)26-14-10-23(2)11-15-26)16-18-28(29,19-17-27)24-6-4-3-5-7-24/h3-15,29H,16-21H2,1-2H3. The number of hydrogen-bond donors (Lipinski definition) is 1. The average molecular weight is 545 g/mol. The Kier molecular flexibility index (Phi) is 7.92. The summed E-state index contributed by atoms with van der Waals surface area (Å²) in [4.78, 5) is 0.0519. The van der Waals surface area contributed by atoms with Crippen molar-refractivity contribution in [2.75, 3.05) is 13.2 Å². The summed E-state index contributed by atoms with van der Waals surface area (Å²) < 4.78 is 62.6. The zero-order chi connectivity index (χ0) is 26.7. The Morgan fingerprint density at radius 2 is 1.05 bits per heavy atom. The van der Waals surface area contributed by atoms with Crippen LogP contribution in [0.15, 0.2) is 88.7 Å². The van der Waals surface area contributed by atoms with Gasteiger partial charge in [0.25, 0.3) is 20.2 Å². The summed E-state index contributed by atoms with van der Waals surface area (Å²) in [7, 11) is -8.15. The highest BCUT2D eigenvalue weighted by Gasteiger charge is 2.45. The van der Waals surface area contributed by atoms with Gasteiger partial charge in [-0.25, -0.2) is 0 Å². The highest BCUT2D eigenvalue weighted by Crippen LogP contribution is 2.46. The van der Waals surface area contributed by atoms with Gasteiger partial charge in [-0.1, -0.05) is 65.7 Å². The second kappa shape index (κ2) is 10.7. The third-order valence-corrected chi connectivity index (χ3v) is 9.66. The Bertz CT molecular complexity index is 1320. The van der Waals surface area contributed by atoms with Crippen LogP contribution in [0.1, 0.15) is 42.4 Å². The fourth-order valence-corrected chi connectivity index (χ4v) is 6.53. The van der Waals surface area contributed by atoms with Gasteiger partial charge in [-0.15, -0.1) is 0 Å². The predicted octanol–water partition coefficient (Wildman–Crippen LogP) is 4.86. The molecule has 3 aromatic rings. The molecule has 0 unspecified atom stereocenters. The van der Waals surface area contributed by atoms with Crippen LogP contribution < -0.4 is 0 Å². The lowest BCUT2D eigenvalue weighted by Crippen LogP contribution is -2.43. The van der Waals surface area contributed by atoms with Crippen molar-refractivity contribution in [1.29, 1.82) is 0 Å². The number of aliphatic hydroxyl groups is 1. The SMILES string of the molecule is Cc1ccc(S(=O)(=O)OCC2(COS(=O)(=O)c3ccc(C)cc3)CCC(O)(c3ccccc3)CC2)cc1. The molecule has 0 aromatic heterocycles. The summed E-state index contributed by atoms with van der Waals surface area (Å²) in [6.07, 6.45) is 1.23. The van der Waals surface area contributed by atoms with E-state index in [1.807, 2.05) is 44.2 Å². The zero-order valence-corrected chi connectivity index (χ0v) is 22.6. The first-order chi connectivity index (χ1) is 17.4. The molecule has 1 aliphatic rings. The molecule has 3 aromatic carbocycles. The molecule has 0 bridgehead atoms. The van der Waals surface area contributed by atoms with Gasteiger partial charge in [0.05, 0.1) is 28.6 Å². The molecule has 0 heterocycles. The van der Waals surface area contributed by atoms with Gasteiger partial charge in [-0.05, 0) is 69.4 Å². The van der Waals surface area contributed by atoms with Crippen molar-refractivity contribution < 1.29 is 30.3 Å². The van der Waals surface area contributed by atoms with E-state index < -0.39 is 31.3 Å². The van der Waals surface area contributed by atoms with E-state index in [1.165, 1.54) is 24.3 Å². The van der Waals surface area contributed by atoms with E-state index in [0.717, 1.165) is 16.7 Å². The third kappa shape index (κ3) is 6.48. The second-order valence-electron chi connectivity index (χ2n) is 9.96. The van der Waals surface area contributed by atoms with E-state index in [2.05, 4.69) is 0 Å². The summed E-state index contributed by atoms with van der Waals surface area (Å²) in [5, 5.41) is 11.3. The van der Waals surface area contributed by atoms with E-state index in [9.17, 15) is 21.9 Å². The van der Waals surface area contributed by atoms with Crippen LogP contribution in [0.25, 0.3) is 0 Å². The number of benzene rings is 3. The highest BCUT2D eigenvalue weighted by atomic mass is 32.2. The molecule has 0 atom stereocenters. The lowest BCUT2D eigenvalue weighted by atomic mass is 9.67. The van der Waals surface area contributed by atoms with Crippen LogP contribution in [0.5, 0.6) is 0 Å². The molecule has 0 spiro atoms. The Hall–Kier alpha value is -2.56. The summed E-state index contributed by atoms with van der Waals surface area (Å²) in [5.41, 5.74) is 0.563. The number of rotatable bonds is 9. The normalized spacial score (nSPS) is 17.4. The van der Waals surface area contributed by atoms with Crippen molar-refractivity contribution in [3.63, 3.8) is 0 Å². The van der Waals surface area contributed by atoms with Crippen LogP contribution >= 0.6 is 0 Å². The van der Waals surface area contributed by atoms with Gasteiger partial charge in [0.1, 0.15) is 0 Å². The van der Waals surface area contributed by atoms with Crippen molar-refractivity contribution in [2.24, 2.45) is 5.41 Å². The molecule has 1 saturated carbocycles. The van der Waals surface area contributed by atoms with E-state index >= 15 is 0 Å². The van der Waals surface area contributed by atoms with E-state index in [-0.39, 0.29) is 23.0 Å². The van der Waals surface area contributed by atoms with Crippen molar-refractivity contribution in [3.05, 3.63) is 95.6 Å². The minimum absolute atomic E-state index is 0.0260. The summed E-state index contributed by atoms with van der Waals surface area (Å²) in [6.45, 7) is 3.18. The monoisotopic (exact) mass is 544 g/mol. The molecule has 9 heteroatoms. The first-order valence-corrected chi connectivity index (χ1v) is 15.0. The zero-order valence-electron chi connectivity index (χ0n) is 21.0. The van der Waals surface area contributed by atoms with Gasteiger partial charge in [-0.3, -0.25) is 8.37 Å². The highest BCUT2D eigenvalue weighted by molar-refractivity contribution is 7.87. The first kappa shape index (κ1) is 27.5. The molecule has 37 heavy (non-hydrogen) atoms. The summed E-state index contributed by atoms with van der Waals surface area (Å²) >= 11 is 0. The van der Waals surface area contributed by atoms with Crippen LogP contribution in [0, 0.1) is 19.3 Å². The van der Waals surface area contributed by atoms with Gasteiger partial charge >= 0.3 is 0 Å². The molecule has 1 fully saturated rings. The molecule has 4 rings (SSSR count). The largest absolute Gasteiger partial charge is 0.385 e. The van der Waals surface area contributed by atoms with Gasteiger partial charge < -0.3 is 5.11 Å². The van der Waals surface area contributed by atoms with Crippen LogP contribution in [0.2, 0.25) is 0 Å². The topological polar surface area (TPSA) is 107 Å². The lowest BCUT2D eigenvalue weighted by Gasteiger charge is -2.43. The molecule has 7 nitrogen and oxygen atoms in total. The smallest absolute Gasteiger partial charge is 0.296 e. The number of aryl methyl sites for hydroxylation is 2. The maximum absolute atomic E-state index is 12.9. The van der Waals surface area contributed by atoms with Crippen molar-refractivity contribution in [1.82, 2.24) is 0 Å². The Labute approximate surface area is 219 Å². The maximum Gasteiger partial charge on any atom is 0.296 e. The van der Waals surface area contributed by atoms with E-state index in [4.69, 9.17) is 8.37 Å². The van der Waals surface area contributed by atoms with E-state index in [1.54, 1.807) is 24.3 Å². The van der Waals surface area contributed by atoms with Gasteiger partial charge in [0.15, 0.2) is 0 Å². The molecular weight excluding hydrogens is 512 g/mol. The molecule has 1 aliphatic carbocycles. The second-order valence-corrected chi connectivity index (χ2v) is 13.2. The minimum Gasteiger partial charge on any atom is -0.385 e.